The molecule has 1 amide bonds. The van der Waals surface area contributed by atoms with Crippen LogP contribution in [0.3, 0.4) is 0 Å². The Morgan fingerprint density at radius 1 is 1.43 bits per heavy atom. The maximum atomic E-state index is 12.2. The monoisotopic (exact) mass is 310 g/mol. The quantitative estimate of drug-likeness (QED) is 0.849. The van der Waals surface area contributed by atoms with E-state index in [1.807, 2.05) is 19.2 Å². The molecular formula is C16H23ClN2O2. The molecule has 5 heteroatoms. The lowest BCUT2D eigenvalue weighted by Gasteiger charge is -2.19. The fourth-order valence-corrected chi connectivity index (χ4v) is 2.82. The van der Waals surface area contributed by atoms with Gasteiger partial charge in [-0.15, -0.1) is 0 Å². The van der Waals surface area contributed by atoms with E-state index in [4.69, 9.17) is 16.3 Å². The summed E-state index contributed by atoms with van der Waals surface area (Å²) in [5.74, 6) is 0.648. The molecule has 0 spiro atoms. The first kappa shape index (κ1) is 16.1. The highest BCUT2D eigenvalue weighted by atomic mass is 35.5. The molecule has 1 aromatic rings. The number of halogens is 1. The standard InChI is InChI=1S/C16H23ClN2O2/c1-11(16(20)19-14-5-3-4-6-14)21-15-8-7-13(17)9-12(15)10-18-2/h7-9,11,14,18H,3-6,10H2,1-2H3,(H,19,20). The number of hydrogen-bond acceptors (Lipinski definition) is 3. The first-order valence-corrected chi connectivity index (χ1v) is 7.88. The Kier molecular flexibility index (Phi) is 5.88. The van der Waals surface area contributed by atoms with E-state index in [9.17, 15) is 4.79 Å². The Balaban J connectivity index is 1.97. The van der Waals surface area contributed by atoms with Crippen molar-refractivity contribution in [3.05, 3.63) is 28.8 Å². The molecule has 21 heavy (non-hydrogen) atoms. The van der Waals surface area contributed by atoms with Gasteiger partial charge in [0.05, 0.1) is 0 Å². The summed E-state index contributed by atoms with van der Waals surface area (Å²) in [5, 5.41) is 6.79. The summed E-state index contributed by atoms with van der Waals surface area (Å²) < 4.78 is 5.81. The highest BCUT2D eigenvalue weighted by molar-refractivity contribution is 6.30. The third-order valence-corrected chi connectivity index (χ3v) is 4.00. The highest BCUT2D eigenvalue weighted by Crippen LogP contribution is 2.24. The SMILES string of the molecule is CNCc1cc(Cl)ccc1OC(C)C(=O)NC1CCCC1. The van der Waals surface area contributed by atoms with Crippen LogP contribution in [-0.4, -0.2) is 25.1 Å². The zero-order valence-electron chi connectivity index (χ0n) is 12.6. The third kappa shape index (κ3) is 4.61. The largest absolute Gasteiger partial charge is 0.481 e. The smallest absolute Gasteiger partial charge is 0.260 e. The lowest BCUT2D eigenvalue weighted by Crippen LogP contribution is -2.41. The predicted octanol–water partition coefficient (Wildman–Crippen LogP) is 2.89. The van der Waals surface area contributed by atoms with Gasteiger partial charge in [0.25, 0.3) is 5.91 Å². The number of ether oxygens (including phenoxy) is 1. The molecule has 0 aliphatic heterocycles. The number of amides is 1. The number of hydrogen-bond donors (Lipinski definition) is 2. The first-order valence-electron chi connectivity index (χ1n) is 7.50. The Bertz CT molecular complexity index is 487. The topological polar surface area (TPSA) is 50.4 Å². The maximum absolute atomic E-state index is 12.2. The van der Waals surface area contributed by atoms with E-state index in [1.54, 1.807) is 13.0 Å². The minimum absolute atomic E-state index is 0.0488. The molecule has 1 aliphatic carbocycles. The molecule has 1 saturated carbocycles. The minimum atomic E-state index is -0.512. The van der Waals surface area contributed by atoms with E-state index in [0.717, 1.165) is 18.4 Å². The van der Waals surface area contributed by atoms with E-state index in [2.05, 4.69) is 10.6 Å². The fourth-order valence-electron chi connectivity index (χ4n) is 2.62. The van der Waals surface area contributed by atoms with Crippen LogP contribution in [0.25, 0.3) is 0 Å². The predicted molar refractivity (Wildman–Crippen MR) is 84.7 cm³/mol. The van der Waals surface area contributed by atoms with Crippen molar-refractivity contribution in [1.29, 1.82) is 0 Å². The summed E-state index contributed by atoms with van der Waals surface area (Å²) in [5.41, 5.74) is 0.950. The van der Waals surface area contributed by atoms with Crippen LogP contribution in [0.2, 0.25) is 5.02 Å². The minimum Gasteiger partial charge on any atom is -0.481 e. The lowest BCUT2D eigenvalue weighted by atomic mass is 10.2. The number of carbonyl (C=O) groups excluding carboxylic acids is 1. The van der Waals surface area contributed by atoms with Gasteiger partial charge in [-0.05, 0) is 45.0 Å². The van der Waals surface area contributed by atoms with Gasteiger partial charge in [0, 0.05) is 23.2 Å². The van der Waals surface area contributed by atoms with Gasteiger partial charge in [-0.25, -0.2) is 0 Å². The highest BCUT2D eigenvalue weighted by Gasteiger charge is 2.22. The van der Waals surface area contributed by atoms with Crippen LogP contribution >= 0.6 is 11.6 Å². The summed E-state index contributed by atoms with van der Waals surface area (Å²) in [6.45, 7) is 2.43. The molecule has 2 N–H and O–H groups in total. The Labute approximate surface area is 131 Å². The zero-order chi connectivity index (χ0) is 15.2. The normalized spacial score (nSPS) is 16.7. The zero-order valence-corrected chi connectivity index (χ0v) is 13.4. The van der Waals surface area contributed by atoms with Gasteiger partial charge in [0.2, 0.25) is 0 Å². The number of carbonyl (C=O) groups is 1. The summed E-state index contributed by atoms with van der Waals surface area (Å²) in [6, 6.07) is 5.76. The van der Waals surface area contributed by atoms with Gasteiger partial charge in [0.1, 0.15) is 5.75 Å². The molecular weight excluding hydrogens is 288 g/mol. The summed E-state index contributed by atoms with van der Waals surface area (Å²) in [4.78, 5) is 12.2. The van der Waals surface area contributed by atoms with Gasteiger partial charge in [-0.1, -0.05) is 24.4 Å². The summed E-state index contributed by atoms with van der Waals surface area (Å²) >= 11 is 6.00. The Hall–Kier alpha value is -1.26. The molecule has 1 aliphatic rings. The molecule has 0 radical (unpaired) electrons. The molecule has 4 nitrogen and oxygen atoms in total. The van der Waals surface area contributed by atoms with Gasteiger partial charge in [-0.2, -0.15) is 0 Å². The van der Waals surface area contributed by atoms with Gasteiger partial charge in [0.15, 0.2) is 6.10 Å². The van der Waals surface area contributed by atoms with Gasteiger partial charge in [-0.3, -0.25) is 4.79 Å². The van der Waals surface area contributed by atoms with Crippen molar-refractivity contribution < 1.29 is 9.53 Å². The van der Waals surface area contributed by atoms with Crippen molar-refractivity contribution in [2.75, 3.05) is 7.05 Å². The van der Waals surface area contributed by atoms with Crippen LogP contribution in [0, 0.1) is 0 Å². The molecule has 0 bridgehead atoms. The van der Waals surface area contributed by atoms with Crippen LogP contribution in [0.4, 0.5) is 0 Å². The van der Waals surface area contributed by atoms with E-state index >= 15 is 0 Å². The van der Waals surface area contributed by atoms with Crippen molar-refractivity contribution in [3.63, 3.8) is 0 Å². The van der Waals surface area contributed by atoms with Gasteiger partial charge >= 0.3 is 0 Å². The average molecular weight is 311 g/mol. The third-order valence-electron chi connectivity index (χ3n) is 3.76. The molecule has 0 aromatic heterocycles. The second-order valence-corrected chi connectivity index (χ2v) is 5.97. The number of nitrogens with one attached hydrogen (secondary N) is 2. The molecule has 0 heterocycles. The molecule has 1 aromatic carbocycles. The summed E-state index contributed by atoms with van der Waals surface area (Å²) in [6.07, 6.45) is 4.03. The van der Waals surface area contributed by atoms with Crippen molar-refractivity contribution in [2.45, 2.75) is 51.3 Å². The second kappa shape index (κ2) is 7.66. The van der Waals surface area contributed by atoms with Crippen molar-refractivity contribution in [3.8, 4) is 5.75 Å². The lowest BCUT2D eigenvalue weighted by molar-refractivity contribution is -0.127. The van der Waals surface area contributed by atoms with E-state index < -0.39 is 6.10 Å². The first-order chi connectivity index (χ1) is 10.1. The van der Waals surface area contributed by atoms with Crippen LogP contribution < -0.4 is 15.4 Å². The molecule has 0 saturated heterocycles. The molecule has 1 fully saturated rings. The van der Waals surface area contributed by atoms with E-state index in [0.29, 0.717) is 23.4 Å². The Morgan fingerprint density at radius 3 is 2.81 bits per heavy atom. The number of benzene rings is 1. The Morgan fingerprint density at radius 2 is 2.14 bits per heavy atom. The van der Waals surface area contributed by atoms with Crippen molar-refractivity contribution >= 4 is 17.5 Å². The van der Waals surface area contributed by atoms with Crippen LogP contribution in [0.1, 0.15) is 38.2 Å². The second-order valence-electron chi connectivity index (χ2n) is 5.53. The maximum Gasteiger partial charge on any atom is 0.260 e. The summed E-state index contributed by atoms with van der Waals surface area (Å²) in [7, 11) is 1.86. The van der Waals surface area contributed by atoms with E-state index in [-0.39, 0.29) is 5.91 Å². The van der Waals surface area contributed by atoms with E-state index in [1.165, 1.54) is 12.8 Å². The van der Waals surface area contributed by atoms with Crippen molar-refractivity contribution in [2.24, 2.45) is 0 Å². The molecule has 1 atom stereocenters. The molecule has 1 unspecified atom stereocenters. The van der Waals surface area contributed by atoms with Crippen LogP contribution in [-0.2, 0) is 11.3 Å². The van der Waals surface area contributed by atoms with Crippen LogP contribution in [0.15, 0.2) is 18.2 Å². The van der Waals surface area contributed by atoms with Gasteiger partial charge < -0.3 is 15.4 Å². The molecule has 2 rings (SSSR count). The molecule has 116 valence electrons. The van der Waals surface area contributed by atoms with Crippen molar-refractivity contribution in [1.82, 2.24) is 10.6 Å². The fraction of sp³-hybridized carbons (Fsp3) is 0.562. The van der Waals surface area contributed by atoms with Crippen LogP contribution in [0.5, 0.6) is 5.75 Å². The number of rotatable bonds is 6. The average Bonchev–Trinajstić information content (AvgIpc) is 2.95.